The van der Waals surface area contributed by atoms with Crippen molar-refractivity contribution in [3.8, 4) is 5.75 Å². The van der Waals surface area contributed by atoms with Crippen LogP contribution < -0.4 is 9.64 Å². The summed E-state index contributed by atoms with van der Waals surface area (Å²) in [4.78, 5) is 31.1. The van der Waals surface area contributed by atoms with Crippen molar-refractivity contribution in [2.75, 3.05) is 51.3 Å². The number of carbonyl (C=O) groups is 2. The first kappa shape index (κ1) is 20.4. The first-order valence-corrected chi connectivity index (χ1v) is 10.1. The summed E-state index contributed by atoms with van der Waals surface area (Å²) in [5.74, 6) is 0.299. The molecule has 0 saturated carbocycles. The van der Waals surface area contributed by atoms with Crippen molar-refractivity contribution < 1.29 is 14.3 Å². The number of likely N-dealkylation sites (tertiary alicyclic amines) is 1. The summed E-state index contributed by atoms with van der Waals surface area (Å²) in [6, 6.07) is 8.12. The van der Waals surface area contributed by atoms with Crippen LogP contribution in [-0.4, -0.2) is 68.0 Å². The predicted molar refractivity (Wildman–Crippen MR) is 110 cm³/mol. The number of nitrogens with zero attached hydrogens (tertiary/aromatic N) is 3. The zero-order valence-electron chi connectivity index (χ0n) is 17.1. The standard InChI is InChI=1S/C22H31N3O3/c1-4-8-18-17(2)21(26)25(22(18)27)12-7-11-23-13-15-24(16-14-23)19-9-5-6-10-20(19)28-3/h4-6,8-10,17-18H,7,11-16H2,1-3H3/b8-4+. The normalized spacial score (nSPS) is 23.8. The molecule has 1 aromatic carbocycles. The van der Waals surface area contributed by atoms with Crippen molar-refractivity contribution in [2.24, 2.45) is 11.8 Å². The highest BCUT2D eigenvalue weighted by Crippen LogP contribution is 2.29. The molecule has 3 rings (SSSR count). The topological polar surface area (TPSA) is 53.1 Å². The number of hydrogen-bond acceptors (Lipinski definition) is 5. The second-order valence-corrected chi connectivity index (χ2v) is 7.52. The number of anilines is 1. The molecule has 0 aliphatic carbocycles. The molecule has 0 radical (unpaired) electrons. The Kier molecular flexibility index (Phi) is 6.73. The molecule has 0 aromatic heterocycles. The lowest BCUT2D eigenvalue weighted by molar-refractivity contribution is -0.139. The maximum Gasteiger partial charge on any atom is 0.236 e. The molecule has 2 saturated heterocycles. The molecule has 2 atom stereocenters. The largest absolute Gasteiger partial charge is 0.495 e. The number of piperazine rings is 1. The van der Waals surface area contributed by atoms with Crippen LogP contribution in [0.15, 0.2) is 36.4 Å². The number of methoxy groups -OCH3 is 1. The fourth-order valence-electron chi connectivity index (χ4n) is 4.13. The number of carbonyl (C=O) groups excluding carboxylic acids is 2. The molecule has 152 valence electrons. The zero-order chi connectivity index (χ0) is 20.1. The lowest BCUT2D eigenvalue weighted by Gasteiger charge is -2.36. The van der Waals surface area contributed by atoms with Crippen LogP contribution in [0.2, 0.25) is 0 Å². The van der Waals surface area contributed by atoms with Crippen LogP contribution in [0, 0.1) is 11.8 Å². The van der Waals surface area contributed by atoms with Crippen molar-refractivity contribution in [3.63, 3.8) is 0 Å². The molecule has 0 N–H and O–H groups in total. The summed E-state index contributed by atoms with van der Waals surface area (Å²) in [6.45, 7) is 8.99. The molecule has 0 spiro atoms. The van der Waals surface area contributed by atoms with Crippen molar-refractivity contribution in [1.82, 2.24) is 9.80 Å². The van der Waals surface area contributed by atoms with Gasteiger partial charge in [0.15, 0.2) is 0 Å². The number of amides is 2. The summed E-state index contributed by atoms with van der Waals surface area (Å²) < 4.78 is 5.47. The number of ether oxygens (including phenoxy) is 1. The minimum atomic E-state index is -0.290. The highest BCUT2D eigenvalue weighted by molar-refractivity contribution is 6.05. The van der Waals surface area contributed by atoms with Crippen molar-refractivity contribution in [3.05, 3.63) is 36.4 Å². The van der Waals surface area contributed by atoms with E-state index in [9.17, 15) is 9.59 Å². The molecule has 2 unspecified atom stereocenters. The fraction of sp³-hybridized carbons (Fsp3) is 0.545. The Balaban J connectivity index is 1.46. The third-order valence-corrected chi connectivity index (χ3v) is 5.80. The third-order valence-electron chi connectivity index (χ3n) is 5.80. The molecule has 2 aliphatic rings. The lowest BCUT2D eigenvalue weighted by atomic mass is 9.97. The van der Waals surface area contributed by atoms with Gasteiger partial charge in [0, 0.05) is 32.7 Å². The molecule has 2 aliphatic heterocycles. The number of imide groups is 1. The summed E-state index contributed by atoms with van der Waals surface area (Å²) in [7, 11) is 1.71. The molecule has 2 heterocycles. The Hall–Kier alpha value is -2.34. The van der Waals surface area contributed by atoms with Crippen LogP contribution in [0.1, 0.15) is 20.3 Å². The Morgan fingerprint density at radius 1 is 1.07 bits per heavy atom. The second-order valence-electron chi connectivity index (χ2n) is 7.52. The Morgan fingerprint density at radius 3 is 2.46 bits per heavy atom. The van der Waals surface area contributed by atoms with E-state index in [0.717, 1.165) is 50.6 Å². The van der Waals surface area contributed by atoms with Gasteiger partial charge >= 0.3 is 0 Å². The Labute approximate surface area is 167 Å². The number of rotatable bonds is 7. The van der Waals surface area contributed by atoms with Gasteiger partial charge in [-0.15, -0.1) is 0 Å². The summed E-state index contributed by atoms with van der Waals surface area (Å²) in [5, 5.41) is 0. The van der Waals surface area contributed by atoms with Crippen LogP contribution in [0.4, 0.5) is 5.69 Å². The summed E-state index contributed by atoms with van der Waals surface area (Å²) >= 11 is 0. The van der Waals surface area contributed by atoms with Gasteiger partial charge in [0.1, 0.15) is 5.75 Å². The van der Waals surface area contributed by atoms with E-state index in [-0.39, 0.29) is 23.7 Å². The van der Waals surface area contributed by atoms with Crippen LogP contribution in [-0.2, 0) is 9.59 Å². The van der Waals surface area contributed by atoms with Crippen molar-refractivity contribution in [1.29, 1.82) is 0 Å². The smallest absolute Gasteiger partial charge is 0.236 e. The number of allylic oxidation sites excluding steroid dienone is 1. The minimum Gasteiger partial charge on any atom is -0.495 e. The Bertz CT molecular complexity index is 725. The van der Waals surface area contributed by atoms with E-state index >= 15 is 0 Å². The monoisotopic (exact) mass is 385 g/mol. The van der Waals surface area contributed by atoms with Crippen LogP contribution in [0.5, 0.6) is 5.75 Å². The van der Waals surface area contributed by atoms with Gasteiger partial charge in [-0.1, -0.05) is 31.2 Å². The quantitative estimate of drug-likeness (QED) is 0.533. The van der Waals surface area contributed by atoms with E-state index in [1.54, 1.807) is 7.11 Å². The third kappa shape index (κ3) is 4.22. The molecule has 2 fully saturated rings. The van der Waals surface area contributed by atoms with Gasteiger partial charge in [0.2, 0.25) is 11.8 Å². The molecule has 1 aromatic rings. The van der Waals surface area contributed by atoms with Crippen LogP contribution in [0.25, 0.3) is 0 Å². The van der Waals surface area contributed by atoms with E-state index < -0.39 is 0 Å². The highest BCUT2D eigenvalue weighted by atomic mass is 16.5. The van der Waals surface area contributed by atoms with Gasteiger partial charge < -0.3 is 9.64 Å². The van der Waals surface area contributed by atoms with E-state index in [1.165, 1.54) is 4.90 Å². The predicted octanol–water partition coefficient (Wildman–Crippen LogP) is 2.40. The molecular formula is C22H31N3O3. The lowest BCUT2D eigenvalue weighted by Crippen LogP contribution is -2.47. The fourth-order valence-corrected chi connectivity index (χ4v) is 4.13. The average molecular weight is 386 g/mol. The maximum atomic E-state index is 12.5. The maximum absolute atomic E-state index is 12.5. The first-order chi connectivity index (χ1) is 13.6. The van der Waals surface area contributed by atoms with Gasteiger partial charge in [-0.25, -0.2) is 0 Å². The number of hydrogen-bond donors (Lipinski definition) is 0. The molecule has 0 bridgehead atoms. The molecular weight excluding hydrogens is 354 g/mol. The average Bonchev–Trinajstić information content (AvgIpc) is 2.92. The zero-order valence-corrected chi connectivity index (χ0v) is 17.1. The summed E-state index contributed by atoms with van der Waals surface area (Å²) in [5.41, 5.74) is 1.14. The van der Waals surface area contributed by atoms with Crippen LogP contribution >= 0.6 is 0 Å². The molecule has 28 heavy (non-hydrogen) atoms. The number of para-hydroxylation sites is 2. The SMILES string of the molecule is C/C=C/C1C(=O)N(CCCN2CCN(c3ccccc3OC)CC2)C(=O)C1C. The van der Waals surface area contributed by atoms with E-state index in [0.29, 0.717) is 6.54 Å². The first-order valence-electron chi connectivity index (χ1n) is 10.1. The van der Waals surface area contributed by atoms with Gasteiger partial charge in [-0.2, -0.15) is 0 Å². The van der Waals surface area contributed by atoms with Gasteiger partial charge in [0.25, 0.3) is 0 Å². The van der Waals surface area contributed by atoms with Gasteiger partial charge in [0.05, 0.1) is 24.6 Å². The molecule has 6 nitrogen and oxygen atoms in total. The van der Waals surface area contributed by atoms with E-state index in [4.69, 9.17) is 4.74 Å². The minimum absolute atomic E-state index is 0.0332. The summed E-state index contributed by atoms with van der Waals surface area (Å²) in [6.07, 6.45) is 4.53. The van der Waals surface area contributed by atoms with Crippen molar-refractivity contribution >= 4 is 17.5 Å². The van der Waals surface area contributed by atoms with Gasteiger partial charge in [-0.05, 0) is 32.0 Å². The Morgan fingerprint density at radius 2 is 1.79 bits per heavy atom. The number of benzene rings is 1. The second kappa shape index (κ2) is 9.24. The van der Waals surface area contributed by atoms with Gasteiger partial charge in [-0.3, -0.25) is 19.4 Å². The van der Waals surface area contributed by atoms with Crippen molar-refractivity contribution in [2.45, 2.75) is 20.3 Å². The highest BCUT2D eigenvalue weighted by Gasteiger charge is 2.43. The molecule has 6 heteroatoms. The molecule has 2 amide bonds. The van der Waals surface area contributed by atoms with E-state index in [2.05, 4.69) is 15.9 Å². The van der Waals surface area contributed by atoms with Crippen LogP contribution in [0.3, 0.4) is 0 Å². The van der Waals surface area contributed by atoms with E-state index in [1.807, 2.05) is 44.2 Å².